The highest BCUT2D eigenvalue weighted by Gasteiger charge is 2.10. The average molecular weight is 318 g/mol. The fraction of sp³-hybridized carbons (Fsp3) is 0.471. The van der Waals surface area contributed by atoms with Crippen LogP contribution in [0.3, 0.4) is 0 Å². The van der Waals surface area contributed by atoms with E-state index in [0.29, 0.717) is 6.54 Å². The molecule has 1 aliphatic heterocycles. The van der Waals surface area contributed by atoms with E-state index in [4.69, 9.17) is 0 Å². The van der Waals surface area contributed by atoms with Gasteiger partial charge < -0.3 is 15.5 Å². The van der Waals surface area contributed by atoms with E-state index < -0.39 is 0 Å². The number of anilines is 1. The Morgan fingerprint density at radius 3 is 2.64 bits per heavy atom. The Kier molecular flexibility index (Phi) is 7.16. The van der Waals surface area contributed by atoms with Crippen molar-refractivity contribution in [2.24, 2.45) is 4.99 Å². The van der Waals surface area contributed by atoms with Gasteiger partial charge in [-0.1, -0.05) is 18.2 Å². The monoisotopic (exact) mass is 318 g/mol. The number of nitrogens with one attached hydrogen (secondary N) is 2. The van der Waals surface area contributed by atoms with Crippen molar-refractivity contribution in [1.82, 2.24) is 10.6 Å². The number of hydrogen-bond donors (Lipinski definition) is 2. The first-order valence-corrected chi connectivity index (χ1v) is 9.03. The number of thioether (sulfide) groups is 1. The quantitative estimate of drug-likeness (QED) is 0.480. The lowest BCUT2D eigenvalue weighted by atomic mass is 10.2. The minimum atomic E-state index is 0.683. The van der Waals surface area contributed by atoms with Crippen LogP contribution >= 0.6 is 11.8 Å². The van der Waals surface area contributed by atoms with Crippen molar-refractivity contribution < 1.29 is 0 Å². The zero-order valence-electron chi connectivity index (χ0n) is 13.3. The molecular formula is C17H26N4S. The predicted octanol–water partition coefficient (Wildman–Crippen LogP) is 2.48. The summed E-state index contributed by atoms with van der Waals surface area (Å²) in [6.45, 7) is 10.3. The van der Waals surface area contributed by atoms with Crippen molar-refractivity contribution in [3.63, 3.8) is 0 Å². The summed E-state index contributed by atoms with van der Waals surface area (Å²) in [5.74, 6) is 3.29. The summed E-state index contributed by atoms with van der Waals surface area (Å²) in [5, 5.41) is 6.45. The summed E-state index contributed by atoms with van der Waals surface area (Å²) in [5.41, 5.74) is 2.55. The summed E-state index contributed by atoms with van der Waals surface area (Å²) < 4.78 is 0. The first-order valence-electron chi connectivity index (χ1n) is 7.88. The van der Waals surface area contributed by atoms with Gasteiger partial charge in [0.2, 0.25) is 0 Å². The normalized spacial score (nSPS) is 15.5. The summed E-state index contributed by atoms with van der Waals surface area (Å²) in [4.78, 5) is 7.05. The minimum absolute atomic E-state index is 0.683. The van der Waals surface area contributed by atoms with E-state index in [2.05, 4.69) is 58.3 Å². The van der Waals surface area contributed by atoms with Crippen LogP contribution in [-0.2, 0) is 6.54 Å². The Morgan fingerprint density at radius 1 is 1.27 bits per heavy atom. The zero-order valence-corrected chi connectivity index (χ0v) is 14.2. The third-order valence-electron chi connectivity index (χ3n) is 3.49. The largest absolute Gasteiger partial charge is 0.370 e. The van der Waals surface area contributed by atoms with Crippen molar-refractivity contribution >= 4 is 23.4 Å². The maximum absolute atomic E-state index is 4.59. The Bertz CT molecular complexity index is 478. The highest BCUT2D eigenvalue weighted by Crippen LogP contribution is 2.20. The van der Waals surface area contributed by atoms with E-state index in [0.717, 1.165) is 32.1 Å². The van der Waals surface area contributed by atoms with Gasteiger partial charge in [-0.15, -0.1) is 6.58 Å². The Hall–Kier alpha value is -1.62. The fourth-order valence-electron chi connectivity index (χ4n) is 2.31. The molecule has 1 aromatic carbocycles. The molecule has 22 heavy (non-hydrogen) atoms. The van der Waals surface area contributed by atoms with E-state index in [1.807, 2.05) is 17.8 Å². The molecule has 0 bridgehead atoms. The van der Waals surface area contributed by atoms with Gasteiger partial charge >= 0.3 is 0 Å². The molecule has 1 aliphatic rings. The SMILES string of the molecule is C=CCNC(=NCc1ccc(N2CCSCC2)cc1)NCC. The summed E-state index contributed by atoms with van der Waals surface area (Å²) in [6, 6.07) is 8.78. The van der Waals surface area contributed by atoms with Crippen LogP contribution in [0.2, 0.25) is 0 Å². The van der Waals surface area contributed by atoms with Crippen LogP contribution < -0.4 is 15.5 Å². The van der Waals surface area contributed by atoms with Gasteiger partial charge in [0.25, 0.3) is 0 Å². The molecule has 120 valence electrons. The second kappa shape index (κ2) is 9.41. The Balaban J connectivity index is 1.92. The van der Waals surface area contributed by atoms with E-state index in [-0.39, 0.29) is 0 Å². The molecule has 4 nitrogen and oxygen atoms in total. The fourth-order valence-corrected chi connectivity index (χ4v) is 3.22. The predicted molar refractivity (Wildman–Crippen MR) is 99.0 cm³/mol. The third kappa shape index (κ3) is 5.30. The summed E-state index contributed by atoms with van der Waals surface area (Å²) in [7, 11) is 0. The van der Waals surface area contributed by atoms with Crippen LogP contribution in [0.1, 0.15) is 12.5 Å². The number of rotatable bonds is 6. The molecule has 1 saturated heterocycles. The number of guanidine groups is 1. The van der Waals surface area contributed by atoms with Crippen LogP contribution in [0, 0.1) is 0 Å². The molecule has 0 spiro atoms. The zero-order chi connectivity index (χ0) is 15.6. The van der Waals surface area contributed by atoms with Crippen LogP contribution in [0.4, 0.5) is 5.69 Å². The smallest absolute Gasteiger partial charge is 0.191 e. The summed E-state index contributed by atoms with van der Waals surface area (Å²) in [6.07, 6.45) is 1.83. The van der Waals surface area contributed by atoms with Crippen LogP contribution in [0.5, 0.6) is 0 Å². The van der Waals surface area contributed by atoms with Gasteiger partial charge in [0.1, 0.15) is 0 Å². The number of nitrogens with zero attached hydrogens (tertiary/aromatic N) is 2. The Morgan fingerprint density at radius 2 is 2.00 bits per heavy atom. The summed E-state index contributed by atoms with van der Waals surface area (Å²) >= 11 is 2.04. The lowest BCUT2D eigenvalue weighted by molar-refractivity contribution is 0.854. The molecule has 5 heteroatoms. The van der Waals surface area contributed by atoms with Crippen molar-refractivity contribution in [3.8, 4) is 0 Å². The lowest BCUT2D eigenvalue weighted by Crippen LogP contribution is -2.37. The maximum Gasteiger partial charge on any atom is 0.191 e. The molecule has 1 fully saturated rings. The van der Waals surface area contributed by atoms with E-state index in [1.54, 1.807) is 0 Å². The maximum atomic E-state index is 4.59. The van der Waals surface area contributed by atoms with Crippen molar-refractivity contribution in [2.45, 2.75) is 13.5 Å². The number of benzene rings is 1. The van der Waals surface area contributed by atoms with Crippen LogP contribution in [0.15, 0.2) is 41.9 Å². The van der Waals surface area contributed by atoms with E-state index >= 15 is 0 Å². The van der Waals surface area contributed by atoms with Gasteiger partial charge in [-0.2, -0.15) is 11.8 Å². The molecule has 2 N–H and O–H groups in total. The molecule has 0 aliphatic carbocycles. The molecule has 0 atom stereocenters. The van der Waals surface area contributed by atoms with Crippen LogP contribution in [-0.4, -0.2) is 43.6 Å². The molecule has 0 saturated carbocycles. The highest BCUT2D eigenvalue weighted by molar-refractivity contribution is 7.99. The van der Waals surface area contributed by atoms with Gasteiger partial charge in [-0.3, -0.25) is 0 Å². The Labute approximate surface area is 138 Å². The first kappa shape index (κ1) is 16.7. The topological polar surface area (TPSA) is 39.7 Å². The number of aliphatic imine (C=N–C) groups is 1. The van der Waals surface area contributed by atoms with E-state index in [1.165, 1.54) is 22.8 Å². The third-order valence-corrected chi connectivity index (χ3v) is 4.43. The van der Waals surface area contributed by atoms with Gasteiger partial charge in [-0.05, 0) is 24.6 Å². The highest BCUT2D eigenvalue weighted by atomic mass is 32.2. The van der Waals surface area contributed by atoms with Crippen molar-refractivity contribution in [2.75, 3.05) is 42.6 Å². The van der Waals surface area contributed by atoms with Crippen LogP contribution in [0.25, 0.3) is 0 Å². The standard InChI is InChI=1S/C17H26N4S/c1-3-9-19-17(18-4-2)20-14-15-5-7-16(8-6-15)21-10-12-22-13-11-21/h3,5-8H,1,4,9-14H2,2H3,(H2,18,19,20). The molecule has 1 aromatic rings. The molecule has 0 amide bonds. The second-order valence-corrected chi connectivity index (χ2v) is 6.36. The molecule has 0 aromatic heterocycles. The molecule has 2 rings (SSSR count). The lowest BCUT2D eigenvalue weighted by Gasteiger charge is -2.28. The van der Waals surface area contributed by atoms with Crippen molar-refractivity contribution in [1.29, 1.82) is 0 Å². The second-order valence-electron chi connectivity index (χ2n) is 5.13. The minimum Gasteiger partial charge on any atom is -0.370 e. The number of hydrogen-bond acceptors (Lipinski definition) is 3. The molecular weight excluding hydrogens is 292 g/mol. The van der Waals surface area contributed by atoms with Crippen molar-refractivity contribution in [3.05, 3.63) is 42.5 Å². The van der Waals surface area contributed by atoms with Gasteiger partial charge in [0.15, 0.2) is 5.96 Å². The van der Waals surface area contributed by atoms with Gasteiger partial charge in [-0.25, -0.2) is 4.99 Å². The molecule has 1 heterocycles. The van der Waals surface area contributed by atoms with Gasteiger partial charge in [0.05, 0.1) is 6.54 Å². The van der Waals surface area contributed by atoms with Gasteiger partial charge in [0, 0.05) is 43.4 Å². The molecule has 0 unspecified atom stereocenters. The van der Waals surface area contributed by atoms with E-state index in [9.17, 15) is 0 Å². The first-order chi connectivity index (χ1) is 10.8. The molecule has 0 radical (unpaired) electrons. The average Bonchev–Trinajstić information content (AvgIpc) is 2.58.